The predicted octanol–water partition coefficient (Wildman–Crippen LogP) is 3.47. The highest BCUT2D eigenvalue weighted by molar-refractivity contribution is 5.38. The molecule has 13 heavy (non-hydrogen) atoms. The summed E-state index contributed by atoms with van der Waals surface area (Å²) in [6, 6.07) is 9.02. The van der Waals surface area contributed by atoms with Gasteiger partial charge in [0.05, 0.1) is 0 Å². The fourth-order valence-corrected chi connectivity index (χ4v) is 2.60. The monoisotopic (exact) mass is 171 g/mol. The highest BCUT2D eigenvalue weighted by Crippen LogP contribution is 2.49. The zero-order chi connectivity index (χ0) is 8.67. The molecule has 0 N–H and O–H groups in total. The zero-order valence-corrected chi connectivity index (χ0v) is 7.92. The van der Waals surface area contributed by atoms with Crippen LogP contribution in [-0.2, 0) is 6.42 Å². The molecule has 0 aromatic heterocycles. The van der Waals surface area contributed by atoms with Crippen LogP contribution in [0.5, 0.6) is 0 Å². The molecule has 0 heteroatoms. The van der Waals surface area contributed by atoms with Crippen molar-refractivity contribution in [1.82, 2.24) is 0 Å². The van der Waals surface area contributed by atoms with E-state index in [1.807, 2.05) is 5.92 Å². The Morgan fingerprint density at radius 3 is 2.69 bits per heavy atom. The van der Waals surface area contributed by atoms with E-state index < -0.39 is 0 Å². The van der Waals surface area contributed by atoms with Gasteiger partial charge in [-0.05, 0) is 55.1 Å². The van der Waals surface area contributed by atoms with Crippen molar-refractivity contribution in [3.8, 4) is 0 Å². The Labute approximate surface area is 80.0 Å². The highest BCUT2D eigenvalue weighted by Gasteiger charge is 2.34. The second-order valence-corrected chi connectivity index (χ2v) is 4.30. The fourth-order valence-electron chi connectivity index (χ4n) is 2.60. The summed E-state index contributed by atoms with van der Waals surface area (Å²) in [5, 5.41) is 0. The molecule has 0 heterocycles. The number of aryl methyl sites for hydroxylation is 1. The van der Waals surface area contributed by atoms with E-state index in [0.29, 0.717) is 0 Å². The molecule has 1 saturated carbocycles. The molecule has 2 aliphatic carbocycles. The van der Waals surface area contributed by atoms with Gasteiger partial charge < -0.3 is 0 Å². The van der Waals surface area contributed by atoms with Gasteiger partial charge in [0.1, 0.15) is 0 Å². The van der Waals surface area contributed by atoms with Crippen LogP contribution in [0.3, 0.4) is 0 Å². The van der Waals surface area contributed by atoms with E-state index in [1.165, 1.54) is 32.1 Å². The van der Waals surface area contributed by atoms with Crippen LogP contribution in [0.1, 0.15) is 42.7 Å². The minimum Gasteiger partial charge on any atom is -0.0620 e. The van der Waals surface area contributed by atoms with Gasteiger partial charge in [0.2, 0.25) is 0 Å². The summed E-state index contributed by atoms with van der Waals surface area (Å²) in [5.41, 5.74) is 3.25. The molecular weight excluding hydrogens is 156 g/mol. The third-order valence-corrected chi connectivity index (χ3v) is 3.40. The Bertz CT molecular complexity index is 310. The summed E-state index contributed by atoms with van der Waals surface area (Å²) in [6.07, 6.45) is 6.91. The normalized spacial score (nSPS) is 26.9. The summed E-state index contributed by atoms with van der Waals surface area (Å²) < 4.78 is 0. The van der Waals surface area contributed by atoms with Crippen LogP contribution in [0.4, 0.5) is 0 Å². The maximum atomic E-state index is 2.34. The average Bonchev–Trinajstić information content (AvgIpc) is 3.00. The first-order valence-corrected chi connectivity index (χ1v) is 5.37. The molecule has 0 aliphatic heterocycles. The van der Waals surface area contributed by atoms with E-state index in [4.69, 9.17) is 0 Å². The van der Waals surface area contributed by atoms with Gasteiger partial charge in [-0.2, -0.15) is 0 Å². The van der Waals surface area contributed by atoms with E-state index in [0.717, 1.165) is 5.92 Å². The van der Waals surface area contributed by atoms with Crippen LogP contribution < -0.4 is 0 Å². The molecule has 1 unspecified atom stereocenters. The van der Waals surface area contributed by atoms with Gasteiger partial charge in [0, 0.05) is 0 Å². The molecule has 1 radical (unpaired) electrons. The molecule has 0 saturated heterocycles. The first-order chi connectivity index (χ1) is 6.45. The lowest BCUT2D eigenvalue weighted by atomic mass is 9.80. The van der Waals surface area contributed by atoms with Crippen molar-refractivity contribution < 1.29 is 0 Å². The molecule has 3 rings (SSSR count). The Balaban J connectivity index is 2.00. The topological polar surface area (TPSA) is 0 Å². The van der Waals surface area contributed by atoms with E-state index in [9.17, 15) is 0 Å². The number of fused-ring (bicyclic) bond motifs is 1. The standard InChI is InChI=1S/C13H15/c1-2-6-12-10(4-1)5-3-7-13(12)11-8-9-11/h1-2,4,6,13H,3,5,7-9H2. The van der Waals surface area contributed by atoms with E-state index in [1.54, 1.807) is 11.1 Å². The zero-order valence-electron chi connectivity index (χ0n) is 7.92. The smallest absolute Gasteiger partial charge is 0.00970 e. The Morgan fingerprint density at radius 2 is 1.85 bits per heavy atom. The third kappa shape index (κ3) is 1.29. The SMILES string of the molecule is c1ccc2c(c1)CCCC2[C]1CC1. The Morgan fingerprint density at radius 1 is 1.00 bits per heavy atom. The molecular formula is C13H15. The summed E-state index contributed by atoms with van der Waals surface area (Å²) >= 11 is 0. The first-order valence-electron chi connectivity index (χ1n) is 5.37. The van der Waals surface area contributed by atoms with Crippen LogP contribution >= 0.6 is 0 Å². The van der Waals surface area contributed by atoms with Gasteiger partial charge in [0.15, 0.2) is 0 Å². The quantitative estimate of drug-likeness (QED) is 0.607. The van der Waals surface area contributed by atoms with Crippen molar-refractivity contribution in [3.63, 3.8) is 0 Å². The van der Waals surface area contributed by atoms with Gasteiger partial charge in [-0.1, -0.05) is 24.3 Å². The highest BCUT2D eigenvalue weighted by atomic mass is 14.4. The van der Waals surface area contributed by atoms with Gasteiger partial charge in [-0.25, -0.2) is 0 Å². The minimum absolute atomic E-state index is 0.838. The van der Waals surface area contributed by atoms with Gasteiger partial charge >= 0.3 is 0 Å². The minimum atomic E-state index is 0.838. The van der Waals surface area contributed by atoms with Crippen molar-refractivity contribution in [2.45, 2.75) is 38.0 Å². The molecule has 0 amide bonds. The second kappa shape index (κ2) is 2.87. The molecule has 1 aromatic rings. The molecule has 67 valence electrons. The lowest BCUT2D eigenvalue weighted by Crippen LogP contribution is -2.10. The van der Waals surface area contributed by atoms with E-state index in [2.05, 4.69) is 24.3 Å². The number of benzene rings is 1. The predicted molar refractivity (Wildman–Crippen MR) is 54.6 cm³/mol. The fraction of sp³-hybridized carbons (Fsp3) is 0.462. The van der Waals surface area contributed by atoms with E-state index in [-0.39, 0.29) is 0 Å². The van der Waals surface area contributed by atoms with Gasteiger partial charge in [-0.3, -0.25) is 0 Å². The molecule has 1 aromatic carbocycles. The van der Waals surface area contributed by atoms with Crippen LogP contribution in [0.15, 0.2) is 24.3 Å². The first kappa shape index (κ1) is 7.61. The summed E-state index contributed by atoms with van der Waals surface area (Å²) in [4.78, 5) is 0. The largest absolute Gasteiger partial charge is 0.0620 e. The van der Waals surface area contributed by atoms with Crippen molar-refractivity contribution in [3.05, 3.63) is 41.3 Å². The van der Waals surface area contributed by atoms with E-state index >= 15 is 0 Å². The number of rotatable bonds is 1. The van der Waals surface area contributed by atoms with Crippen LogP contribution in [-0.4, -0.2) is 0 Å². The average molecular weight is 171 g/mol. The molecule has 0 nitrogen and oxygen atoms in total. The molecule has 1 fully saturated rings. The molecule has 0 bridgehead atoms. The molecule has 2 aliphatic rings. The summed E-state index contributed by atoms with van der Waals surface area (Å²) in [7, 11) is 0. The summed E-state index contributed by atoms with van der Waals surface area (Å²) in [5.74, 6) is 2.65. The lowest BCUT2D eigenvalue weighted by Gasteiger charge is -2.24. The molecule has 1 atom stereocenters. The van der Waals surface area contributed by atoms with Crippen molar-refractivity contribution in [2.75, 3.05) is 0 Å². The third-order valence-electron chi connectivity index (χ3n) is 3.40. The lowest BCUT2D eigenvalue weighted by molar-refractivity contribution is 0.594. The maximum absolute atomic E-state index is 2.34. The van der Waals surface area contributed by atoms with Crippen molar-refractivity contribution in [2.24, 2.45) is 0 Å². The van der Waals surface area contributed by atoms with Crippen molar-refractivity contribution >= 4 is 0 Å². The number of hydrogen-bond donors (Lipinski definition) is 0. The summed E-state index contributed by atoms with van der Waals surface area (Å²) in [6.45, 7) is 0. The van der Waals surface area contributed by atoms with Crippen LogP contribution in [0.25, 0.3) is 0 Å². The van der Waals surface area contributed by atoms with Crippen LogP contribution in [0, 0.1) is 5.92 Å². The van der Waals surface area contributed by atoms with Crippen LogP contribution in [0.2, 0.25) is 0 Å². The Hall–Kier alpha value is -0.780. The maximum Gasteiger partial charge on any atom is -0.00970 e. The number of hydrogen-bond acceptors (Lipinski definition) is 0. The van der Waals surface area contributed by atoms with Gasteiger partial charge in [-0.15, -0.1) is 0 Å². The van der Waals surface area contributed by atoms with Gasteiger partial charge in [0.25, 0.3) is 0 Å². The Kier molecular flexibility index (Phi) is 1.68. The van der Waals surface area contributed by atoms with Crippen molar-refractivity contribution in [1.29, 1.82) is 0 Å². The second-order valence-electron chi connectivity index (χ2n) is 4.30. The molecule has 0 spiro atoms.